The Balaban J connectivity index is 2.17. The van der Waals surface area contributed by atoms with Gasteiger partial charge in [0, 0.05) is 20.8 Å². The average molecular weight is 284 g/mol. The van der Waals surface area contributed by atoms with E-state index < -0.39 is 0 Å². The van der Waals surface area contributed by atoms with Crippen molar-refractivity contribution in [2.45, 2.75) is 0 Å². The molecule has 0 saturated heterocycles. The van der Waals surface area contributed by atoms with Crippen LogP contribution < -0.4 is 0 Å². The Bertz CT molecular complexity index is 827. The quantitative estimate of drug-likeness (QED) is 0.381. The zero-order valence-electron chi connectivity index (χ0n) is 9.46. The van der Waals surface area contributed by atoms with Crippen molar-refractivity contribution in [2.75, 3.05) is 0 Å². The van der Waals surface area contributed by atoms with Crippen molar-refractivity contribution >= 4 is 50.8 Å². The molecule has 0 N–H and O–H groups in total. The first-order chi connectivity index (χ1) is 8.93. The van der Waals surface area contributed by atoms with Gasteiger partial charge in [-0.05, 0) is 36.6 Å². The number of benzene rings is 1. The number of hydrogen-bond donors (Lipinski definition) is 0. The highest BCUT2D eigenvalue weighted by molar-refractivity contribution is 7.51. The standard InChI is InChI=1S/C15H9PS2/c1-2-4-10(5-3-1)13-14-11(6-8-17-14)12-7-9-18-15(12)16-13/h1-9H. The predicted octanol–water partition coefficient (Wildman–Crippen LogP) is 6.36. The van der Waals surface area contributed by atoms with Crippen molar-refractivity contribution in [1.82, 2.24) is 0 Å². The van der Waals surface area contributed by atoms with Crippen LogP contribution in [0.4, 0.5) is 0 Å². The Morgan fingerprint density at radius 1 is 0.778 bits per heavy atom. The number of fused-ring (bicyclic) bond motifs is 3. The summed E-state index contributed by atoms with van der Waals surface area (Å²) in [5.74, 6) is 0. The third-order valence-electron chi connectivity index (χ3n) is 3.08. The van der Waals surface area contributed by atoms with Gasteiger partial charge in [-0.3, -0.25) is 0 Å². The van der Waals surface area contributed by atoms with E-state index in [1.54, 1.807) is 0 Å². The van der Waals surface area contributed by atoms with Crippen molar-refractivity contribution in [1.29, 1.82) is 0 Å². The molecule has 0 fully saturated rings. The van der Waals surface area contributed by atoms with Gasteiger partial charge in [0.2, 0.25) is 0 Å². The van der Waals surface area contributed by atoms with Gasteiger partial charge in [0.15, 0.2) is 0 Å². The zero-order valence-corrected chi connectivity index (χ0v) is 12.0. The summed E-state index contributed by atoms with van der Waals surface area (Å²) in [4.78, 5) is 0. The van der Waals surface area contributed by atoms with E-state index in [0.717, 1.165) is 0 Å². The monoisotopic (exact) mass is 284 g/mol. The minimum absolute atomic E-state index is 1.35. The van der Waals surface area contributed by atoms with E-state index in [1.807, 2.05) is 22.7 Å². The van der Waals surface area contributed by atoms with Crippen LogP contribution in [0.15, 0.2) is 53.2 Å². The second kappa shape index (κ2) is 4.17. The van der Waals surface area contributed by atoms with Gasteiger partial charge in [0.1, 0.15) is 0 Å². The Morgan fingerprint density at radius 3 is 2.44 bits per heavy atom. The molecule has 0 nitrogen and oxygen atoms in total. The fraction of sp³-hybridized carbons (Fsp3) is 0. The van der Waals surface area contributed by atoms with Gasteiger partial charge in [0.25, 0.3) is 0 Å². The van der Waals surface area contributed by atoms with E-state index in [0.29, 0.717) is 0 Å². The van der Waals surface area contributed by atoms with Crippen LogP contribution >= 0.6 is 30.9 Å². The van der Waals surface area contributed by atoms with Crippen molar-refractivity contribution in [3.63, 3.8) is 0 Å². The highest BCUT2D eigenvalue weighted by atomic mass is 32.1. The average Bonchev–Trinajstić information content (AvgIpc) is 3.06. The van der Waals surface area contributed by atoms with Crippen LogP contribution in [0.25, 0.3) is 30.8 Å². The second-order valence-electron chi connectivity index (χ2n) is 4.13. The molecule has 0 aliphatic carbocycles. The molecule has 0 saturated carbocycles. The summed E-state index contributed by atoms with van der Waals surface area (Å²) in [5.41, 5.74) is 1.35. The molecule has 3 aromatic heterocycles. The molecule has 0 unspecified atom stereocenters. The second-order valence-corrected chi connectivity index (χ2v) is 7.38. The van der Waals surface area contributed by atoms with Crippen molar-refractivity contribution in [3.8, 4) is 10.9 Å². The predicted molar refractivity (Wildman–Crippen MR) is 85.2 cm³/mol. The summed E-state index contributed by atoms with van der Waals surface area (Å²) >= 11 is 3.72. The summed E-state index contributed by atoms with van der Waals surface area (Å²) < 4.78 is 2.91. The highest BCUT2D eigenvalue weighted by Gasteiger charge is 2.10. The van der Waals surface area contributed by atoms with E-state index in [1.165, 1.54) is 39.0 Å². The maximum atomic E-state index is 2.25. The lowest BCUT2D eigenvalue weighted by atomic mass is 10.1. The first-order valence-electron chi connectivity index (χ1n) is 5.73. The molecule has 0 aliphatic rings. The molecule has 18 heavy (non-hydrogen) atoms. The van der Waals surface area contributed by atoms with Gasteiger partial charge in [0.05, 0.1) is 4.43 Å². The van der Waals surface area contributed by atoms with Crippen LogP contribution in [-0.2, 0) is 0 Å². The van der Waals surface area contributed by atoms with Gasteiger partial charge in [-0.2, -0.15) is 0 Å². The van der Waals surface area contributed by atoms with Crippen molar-refractivity contribution in [3.05, 3.63) is 53.2 Å². The van der Waals surface area contributed by atoms with Gasteiger partial charge < -0.3 is 0 Å². The third-order valence-corrected chi connectivity index (χ3v) is 6.61. The summed E-state index contributed by atoms with van der Waals surface area (Å²) in [6.45, 7) is 0. The smallest absolute Gasteiger partial charge is 0.0626 e. The first kappa shape index (κ1) is 10.7. The maximum absolute atomic E-state index is 2.25. The Kier molecular flexibility index (Phi) is 2.47. The normalized spacial score (nSPS) is 11.8. The summed E-state index contributed by atoms with van der Waals surface area (Å²) in [6.07, 6.45) is 0. The molecular formula is C15H9PS2. The largest absolute Gasteiger partial charge is 0.143 e. The lowest BCUT2D eigenvalue weighted by Crippen LogP contribution is -1.73. The van der Waals surface area contributed by atoms with Crippen molar-refractivity contribution < 1.29 is 0 Å². The Hall–Kier alpha value is -1.21. The molecule has 4 rings (SSSR count). The Labute approximate surface area is 115 Å². The zero-order chi connectivity index (χ0) is 11.9. The molecule has 0 radical (unpaired) electrons. The third kappa shape index (κ3) is 1.54. The van der Waals surface area contributed by atoms with Crippen molar-refractivity contribution in [2.24, 2.45) is 0 Å². The molecule has 0 amide bonds. The van der Waals surface area contributed by atoms with Crippen LogP contribution in [0.3, 0.4) is 0 Å². The molecule has 0 atom stereocenters. The lowest BCUT2D eigenvalue weighted by molar-refractivity contribution is 1.71. The van der Waals surface area contributed by atoms with Crippen LogP contribution in [-0.4, -0.2) is 0 Å². The van der Waals surface area contributed by atoms with Crippen LogP contribution in [0, 0.1) is 0 Å². The SMILES string of the molecule is c1ccc(-c2pc3sccc3c3ccsc23)cc1. The van der Waals surface area contributed by atoms with E-state index in [2.05, 4.69) is 53.2 Å². The lowest BCUT2D eigenvalue weighted by Gasteiger charge is -2.04. The number of thiophene rings is 2. The van der Waals surface area contributed by atoms with Crippen LogP contribution in [0.2, 0.25) is 0 Å². The maximum Gasteiger partial charge on any atom is 0.0626 e. The fourth-order valence-electron chi connectivity index (χ4n) is 2.24. The molecule has 0 aliphatic heterocycles. The first-order valence-corrected chi connectivity index (χ1v) is 8.39. The summed E-state index contributed by atoms with van der Waals surface area (Å²) in [7, 11) is 1.35. The van der Waals surface area contributed by atoms with Gasteiger partial charge >= 0.3 is 0 Å². The van der Waals surface area contributed by atoms with E-state index in [4.69, 9.17) is 0 Å². The van der Waals surface area contributed by atoms with Crippen LogP contribution in [0.5, 0.6) is 0 Å². The minimum Gasteiger partial charge on any atom is -0.143 e. The van der Waals surface area contributed by atoms with Gasteiger partial charge in [-0.1, -0.05) is 30.3 Å². The molecule has 3 heterocycles. The fourth-order valence-corrected chi connectivity index (χ4v) is 5.74. The van der Waals surface area contributed by atoms with E-state index >= 15 is 0 Å². The molecular weight excluding hydrogens is 275 g/mol. The minimum atomic E-state index is 1.35. The van der Waals surface area contributed by atoms with E-state index in [-0.39, 0.29) is 0 Å². The van der Waals surface area contributed by atoms with Gasteiger partial charge in [-0.15, -0.1) is 22.7 Å². The summed E-state index contributed by atoms with van der Waals surface area (Å²) in [6, 6.07) is 15.2. The molecule has 0 spiro atoms. The van der Waals surface area contributed by atoms with Crippen LogP contribution in [0.1, 0.15) is 0 Å². The highest BCUT2D eigenvalue weighted by Crippen LogP contribution is 2.46. The molecule has 86 valence electrons. The molecule has 1 aromatic carbocycles. The number of hydrogen-bond acceptors (Lipinski definition) is 2. The number of rotatable bonds is 1. The van der Waals surface area contributed by atoms with E-state index in [9.17, 15) is 0 Å². The Morgan fingerprint density at radius 2 is 1.56 bits per heavy atom. The molecule has 4 aromatic rings. The molecule has 0 bridgehead atoms. The molecule has 3 heteroatoms. The summed E-state index contributed by atoms with van der Waals surface area (Å²) in [5, 5.41) is 8.70. The van der Waals surface area contributed by atoms with Gasteiger partial charge in [-0.25, -0.2) is 0 Å². The topological polar surface area (TPSA) is 0 Å².